The summed E-state index contributed by atoms with van der Waals surface area (Å²) in [6.45, 7) is 0. The van der Waals surface area contributed by atoms with Crippen LogP contribution in [0.3, 0.4) is 0 Å². The van der Waals surface area contributed by atoms with Gasteiger partial charge in [-0.1, -0.05) is 200 Å². The van der Waals surface area contributed by atoms with Gasteiger partial charge in [-0.15, -0.1) is 0 Å². The zero-order valence-corrected chi connectivity index (χ0v) is 38.1. The normalized spacial score (nSPS) is 11.9. The minimum Gasteiger partial charge on any atom is -0.456 e. The summed E-state index contributed by atoms with van der Waals surface area (Å²) in [5.41, 5.74) is 9.33. The van der Waals surface area contributed by atoms with Gasteiger partial charge in [-0.25, -0.2) is 19.9 Å². The highest BCUT2D eigenvalue weighted by Gasteiger charge is 2.24. The van der Waals surface area contributed by atoms with Crippen molar-refractivity contribution in [1.82, 2.24) is 19.9 Å². The molecule has 3 heterocycles. The number of pyridine rings is 1. The molecule has 0 spiro atoms. The van der Waals surface area contributed by atoms with Crippen LogP contribution in [0.15, 0.2) is 235 Å². The molecule has 0 aliphatic rings. The van der Waals surface area contributed by atoms with Gasteiger partial charge in [0.15, 0.2) is 17.5 Å². The second kappa shape index (κ2) is 15.5. The number of rotatable bonds is 5. The Balaban J connectivity index is 1.00. The van der Waals surface area contributed by atoms with E-state index in [-0.39, 0.29) is 0 Å². The van der Waals surface area contributed by atoms with Gasteiger partial charge in [0.25, 0.3) is 0 Å². The van der Waals surface area contributed by atoms with E-state index in [2.05, 4.69) is 224 Å². The lowest BCUT2D eigenvalue weighted by atomic mass is 9.87. The third-order valence-electron chi connectivity index (χ3n) is 14.5. The highest BCUT2D eigenvalue weighted by atomic mass is 16.3. The van der Waals surface area contributed by atoms with Crippen molar-refractivity contribution >= 4 is 97.5 Å². The first kappa shape index (κ1) is 39.4. The van der Waals surface area contributed by atoms with Crippen LogP contribution in [0.4, 0.5) is 0 Å². The predicted octanol–water partition coefficient (Wildman–Crippen LogP) is 17.6. The van der Waals surface area contributed by atoms with E-state index in [0.29, 0.717) is 17.5 Å². The highest BCUT2D eigenvalue weighted by Crippen LogP contribution is 2.48. The second-order valence-corrected chi connectivity index (χ2v) is 18.4. The van der Waals surface area contributed by atoms with Crippen LogP contribution in [0.5, 0.6) is 0 Å². The molecule has 0 aliphatic heterocycles. The summed E-state index contributed by atoms with van der Waals surface area (Å²) in [6.07, 6.45) is 0. The molecule has 328 valence electrons. The molecule has 0 unspecified atom stereocenters. The van der Waals surface area contributed by atoms with E-state index in [1.807, 2.05) is 6.07 Å². The van der Waals surface area contributed by atoms with Crippen molar-refractivity contribution in [2.45, 2.75) is 0 Å². The smallest absolute Gasteiger partial charge is 0.164 e. The Morgan fingerprint density at radius 3 is 1.45 bits per heavy atom. The topological polar surface area (TPSA) is 64.7 Å². The lowest BCUT2D eigenvalue weighted by molar-refractivity contribution is 0.669. The molecule has 5 nitrogen and oxygen atoms in total. The molecule has 0 bridgehead atoms. The van der Waals surface area contributed by atoms with Gasteiger partial charge in [0.1, 0.15) is 11.2 Å². The van der Waals surface area contributed by atoms with Gasteiger partial charge < -0.3 is 4.42 Å². The molecule has 15 aromatic rings. The van der Waals surface area contributed by atoms with Crippen molar-refractivity contribution < 1.29 is 4.42 Å². The first-order chi connectivity index (χ1) is 35.2. The summed E-state index contributed by atoms with van der Waals surface area (Å²) >= 11 is 0. The Labute approximate surface area is 407 Å². The van der Waals surface area contributed by atoms with E-state index in [0.717, 1.165) is 104 Å². The monoisotopic (exact) mass is 902 g/mol. The SMILES string of the molecule is c1cc(-c2nc(-c3cccc4ccccc34)nc(-c3cccc4ccccc34)n2)cc(-c2nc3ccccc3c3c(-c4ccc5c6ccccc6c6ccccc6c5c4)c4c(cc23)oc2ccccc24)c1. The van der Waals surface area contributed by atoms with E-state index >= 15 is 0 Å². The largest absolute Gasteiger partial charge is 0.456 e. The molecule has 5 heteroatoms. The number of fused-ring (bicyclic) bond motifs is 14. The van der Waals surface area contributed by atoms with Crippen molar-refractivity contribution in [3.05, 3.63) is 231 Å². The minimum atomic E-state index is 0.578. The average Bonchev–Trinajstić information content (AvgIpc) is 3.82. The van der Waals surface area contributed by atoms with Gasteiger partial charge in [0.2, 0.25) is 0 Å². The van der Waals surface area contributed by atoms with Crippen molar-refractivity contribution in [1.29, 1.82) is 0 Å². The molecule has 0 radical (unpaired) electrons. The first-order valence-corrected chi connectivity index (χ1v) is 24.0. The fourth-order valence-electron chi connectivity index (χ4n) is 11.3. The van der Waals surface area contributed by atoms with Crippen LogP contribution in [-0.2, 0) is 0 Å². The van der Waals surface area contributed by atoms with E-state index in [4.69, 9.17) is 24.4 Å². The Morgan fingerprint density at radius 1 is 0.268 bits per heavy atom. The van der Waals surface area contributed by atoms with Gasteiger partial charge in [-0.2, -0.15) is 0 Å². The van der Waals surface area contributed by atoms with Gasteiger partial charge in [-0.05, 0) is 89.8 Å². The minimum absolute atomic E-state index is 0.578. The maximum Gasteiger partial charge on any atom is 0.164 e. The van der Waals surface area contributed by atoms with Gasteiger partial charge >= 0.3 is 0 Å². The van der Waals surface area contributed by atoms with Gasteiger partial charge in [0, 0.05) is 54.7 Å². The molecule has 0 atom stereocenters. The molecule has 15 rings (SSSR count). The number of furan rings is 1. The maximum absolute atomic E-state index is 6.85. The Kier molecular flexibility index (Phi) is 8.59. The summed E-state index contributed by atoms with van der Waals surface area (Å²) in [5.74, 6) is 1.80. The molecule has 0 N–H and O–H groups in total. The molecular weight excluding hydrogens is 865 g/mol. The van der Waals surface area contributed by atoms with Gasteiger partial charge in [-0.3, -0.25) is 0 Å². The second-order valence-electron chi connectivity index (χ2n) is 18.4. The van der Waals surface area contributed by atoms with Crippen LogP contribution >= 0.6 is 0 Å². The summed E-state index contributed by atoms with van der Waals surface area (Å²) in [7, 11) is 0. The number of hydrogen-bond donors (Lipinski definition) is 0. The van der Waals surface area contributed by atoms with Crippen molar-refractivity contribution in [3.8, 4) is 56.5 Å². The van der Waals surface area contributed by atoms with E-state index in [9.17, 15) is 0 Å². The summed E-state index contributed by atoms with van der Waals surface area (Å²) in [4.78, 5) is 21.4. The molecule has 0 amide bonds. The van der Waals surface area contributed by atoms with E-state index in [1.165, 1.54) is 32.3 Å². The highest BCUT2D eigenvalue weighted by molar-refractivity contribution is 6.30. The molecule has 0 saturated heterocycles. The average molecular weight is 903 g/mol. The van der Waals surface area contributed by atoms with Gasteiger partial charge in [0.05, 0.1) is 11.2 Å². The van der Waals surface area contributed by atoms with E-state index < -0.39 is 0 Å². The van der Waals surface area contributed by atoms with Crippen molar-refractivity contribution in [2.75, 3.05) is 0 Å². The van der Waals surface area contributed by atoms with Crippen LogP contribution in [-0.4, -0.2) is 19.9 Å². The molecule has 71 heavy (non-hydrogen) atoms. The number of benzene rings is 12. The summed E-state index contributed by atoms with van der Waals surface area (Å²) < 4.78 is 6.85. The fraction of sp³-hybridized carbons (Fsp3) is 0. The summed E-state index contributed by atoms with van der Waals surface area (Å²) in [5, 5.41) is 17.2. The van der Waals surface area contributed by atoms with Crippen LogP contribution < -0.4 is 0 Å². The van der Waals surface area contributed by atoms with E-state index in [1.54, 1.807) is 0 Å². The number of nitrogens with zero attached hydrogens (tertiary/aromatic N) is 4. The molecule has 3 aromatic heterocycles. The lowest BCUT2D eigenvalue weighted by Gasteiger charge is -2.17. The number of para-hydroxylation sites is 2. The molecule has 0 aliphatic carbocycles. The molecule has 0 saturated carbocycles. The molecule has 12 aromatic carbocycles. The van der Waals surface area contributed by atoms with Crippen LogP contribution in [0.25, 0.3) is 154 Å². The quantitative estimate of drug-likeness (QED) is 0.161. The molecular formula is C66H38N4O. The third kappa shape index (κ3) is 6.13. The maximum atomic E-state index is 6.85. The first-order valence-electron chi connectivity index (χ1n) is 24.0. The van der Waals surface area contributed by atoms with Crippen molar-refractivity contribution in [3.63, 3.8) is 0 Å². The van der Waals surface area contributed by atoms with Crippen LogP contribution in [0.2, 0.25) is 0 Å². The molecule has 0 fully saturated rings. The third-order valence-corrected chi connectivity index (χ3v) is 14.5. The fourth-order valence-corrected chi connectivity index (χ4v) is 11.3. The predicted molar refractivity (Wildman–Crippen MR) is 295 cm³/mol. The van der Waals surface area contributed by atoms with Crippen LogP contribution in [0, 0.1) is 0 Å². The Morgan fingerprint density at radius 2 is 0.775 bits per heavy atom. The lowest BCUT2D eigenvalue weighted by Crippen LogP contribution is -2.01. The zero-order valence-electron chi connectivity index (χ0n) is 38.1. The number of hydrogen-bond acceptors (Lipinski definition) is 5. The summed E-state index contributed by atoms with van der Waals surface area (Å²) in [6, 6.07) is 81.6. The Bertz CT molecular complexity index is 4580. The van der Waals surface area contributed by atoms with Crippen LogP contribution in [0.1, 0.15) is 0 Å². The van der Waals surface area contributed by atoms with Crippen molar-refractivity contribution in [2.24, 2.45) is 0 Å². The number of aromatic nitrogens is 4. The standard InChI is InChI=1S/C66H38N4O/c1-3-22-44-39(16-1)18-14-30-51(44)65-68-64(69-66(70-65)52-31-15-19-40-17-2-4-23-45(40)52)43-21-13-20-42(36-43)63-56-38-59-62(54-29-10-12-33-58(54)71-59)60(61(56)53-28-9-11-32-57(53)67-63)41-34-35-50-48-26-6-5-24-46(48)47-25-7-8-27-49(47)55(50)37-41/h1-38H. The zero-order chi connectivity index (χ0) is 46.6. The Hall–Kier alpha value is -9.58.